The summed E-state index contributed by atoms with van der Waals surface area (Å²) >= 11 is 5.76. The maximum atomic E-state index is 10.9. The van der Waals surface area contributed by atoms with Crippen LogP contribution in [0.1, 0.15) is 13.3 Å². The van der Waals surface area contributed by atoms with E-state index >= 15 is 0 Å². The number of halogens is 1. The molecular formula is C8H10ClNO. The Morgan fingerprint density at radius 1 is 1.82 bits per heavy atom. The maximum absolute atomic E-state index is 10.9. The average molecular weight is 172 g/mol. The van der Waals surface area contributed by atoms with Gasteiger partial charge < -0.3 is 5.73 Å². The summed E-state index contributed by atoms with van der Waals surface area (Å²) in [4.78, 5) is 10.9. The summed E-state index contributed by atoms with van der Waals surface area (Å²) in [6.45, 7) is 1.49. The Hall–Kier alpha value is -0.600. The van der Waals surface area contributed by atoms with Crippen LogP contribution in [-0.2, 0) is 4.79 Å². The van der Waals surface area contributed by atoms with Crippen LogP contribution in [0.3, 0.4) is 0 Å². The summed E-state index contributed by atoms with van der Waals surface area (Å²) in [6.07, 6.45) is 4.21. The molecule has 0 saturated heterocycles. The summed E-state index contributed by atoms with van der Waals surface area (Å²) in [5.41, 5.74) is 6.14. The highest BCUT2D eigenvalue weighted by Crippen LogP contribution is 2.21. The van der Waals surface area contributed by atoms with Crippen LogP contribution in [0.4, 0.5) is 0 Å². The predicted molar refractivity (Wildman–Crippen MR) is 45.3 cm³/mol. The zero-order valence-corrected chi connectivity index (χ0v) is 7.06. The molecule has 1 aliphatic carbocycles. The zero-order valence-electron chi connectivity index (χ0n) is 6.30. The lowest BCUT2D eigenvalue weighted by molar-refractivity contribution is -0.113. The molecule has 1 aliphatic rings. The van der Waals surface area contributed by atoms with E-state index < -0.39 is 0 Å². The predicted octanol–water partition coefficient (Wildman–Crippen LogP) is 1.36. The molecule has 0 aromatic heterocycles. The second-order valence-corrected chi connectivity index (χ2v) is 3.00. The van der Waals surface area contributed by atoms with Gasteiger partial charge in [-0.05, 0) is 13.3 Å². The molecule has 0 heterocycles. The van der Waals surface area contributed by atoms with Crippen molar-refractivity contribution in [3.8, 4) is 0 Å². The molecule has 2 N–H and O–H groups in total. The lowest BCUT2D eigenvalue weighted by atomic mass is 10.0. The van der Waals surface area contributed by atoms with Gasteiger partial charge in [-0.15, -0.1) is 0 Å². The Balaban J connectivity index is 2.90. The van der Waals surface area contributed by atoms with Gasteiger partial charge in [-0.1, -0.05) is 23.8 Å². The van der Waals surface area contributed by atoms with Crippen molar-refractivity contribution in [3.05, 3.63) is 22.8 Å². The monoisotopic (exact) mass is 171 g/mol. The Labute approximate surface area is 70.7 Å². The minimum atomic E-state index is -0.0589. The van der Waals surface area contributed by atoms with E-state index in [0.29, 0.717) is 10.6 Å². The molecule has 0 aromatic carbocycles. The molecule has 0 bridgehead atoms. The highest BCUT2D eigenvalue weighted by atomic mass is 35.5. The van der Waals surface area contributed by atoms with Crippen LogP contribution in [0, 0.1) is 0 Å². The van der Waals surface area contributed by atoms with Gasteiger partial charge in [0.25, 0.3) is 0 Å². The van der Waals surface area contributed by atoms with Crippen molar-refractivity contribution in [2.45, 2.75) is 19.4 Å². The smallest absolute Gasteiger partial charge is 0.161 e. The highest BCUT2D eigenvalue weighted by Gasteiger charge is 2.14. The molecule has 3 heteroatoms. The Bertz CT molecular complexity index is 242. The molecule has 0 radical (unpaired) electrons. The molecule has 1 atom stereocenters. The van der Waals surface area contributed by atoms with Crippen LogP contribution in [0.5, 0.6) is 0 Å². The number of hydrogen-bond acceptors (Lipinski definition) is 2. The fraction of sp³-hybridized carbons (Fsp3) is 0.375. The van der Waals surface area contributed by atoms with Crippen LogP contribution in [0.25, 0.3) is 0 Å². The lowest BCUT2D eigenvalue weighted by Gasteiger charge is -2.12. The number of rotatable bonds is 1. The van der Waals surface area contributed by atoms with Crippen LogP contribution >= 0.6 is 11.6 Å². The first-order valence-corrected chi connectivity index (χ1v) is 3.83. The molecule has 0 spiro atoms. The van der Waals surface area contributed by atoms with Crippen molar-refractivity contribution < 1.29 is 4.79 Å². The Morgan fingerprint density at radius 3 is 2.91 bits per heavy atom. The van der Waals surface area contributed by atoms with Crippen LogP contribution in [-0.4, -0.2) is 11.8 Å². The summed E-state index contributed by atoms with van der Waals surface area (Å²) in [5.74, 6) is -0.0265. The van der Waals surface area contributed by atoms with Crippen molar-refractivity contribution in [1.29, 1.82) is 0 Å². The first kappa shape index (κ1) is 8.50. The van der Waals surface area contributed by atoms with Crippen LogP contribution in [0.15, 0.2) is 22.8 Å². The molecule has 60 valence electrons. The van der Waals surface area contributed by atoms with Gasteiger partial charge >= 0.3 is 0 Å². The van der Waals surface area contributed by atoms with Gasteiger partial charge in [0.1, 0.15) is 0 Å². The minimum absolute atomic E-state index is 0.0265. The summed E-state index contributed by atoms with van der Waals surface area (Å²) in [7, 11) is 0. The summed E-state index contributed by atoms with van der Waals surface area (Å²) in [6, 6.07) is -0.0589. The largest absolute Gasteiger partial charge is 0.324 e. The Morgan fingerprint density at radius 2 is 2.45 bits per heavy atom. The maximum Gasteiger partial charge on any atom is 0.161 e. The number of ketones is 1. The quantitative estimate of drug-likeness (QED) is 0.648. The van der Waals surface area contributed by atoms with Crippen molar-refractivity contribution in [2.24, 2.45) is 5.73 Å². The van der Waals surface area contributed by atoms with Gasteiger partial charge in [-0.25, -0.2) is 0 Å². The van der Waals surface area contributed by atoms with Crippen molar-refractivity contribution in [3.63, 3.8) is 0 Å². The fourth-order valence-electron chi connectivity index (χ4n) is 0.997. The van der Waals surface area contributed by atoms with E-state index in [4.69, 9.17) is 17.3 Å². The standard InChI is InChI=1S/C8H10ClNO/c1-5(11)7-4-6(10)2-3-8(7)9/h3-4,6H,2,10H2,1H3. The molecule has 1 unspecified atom stereocenters. The normalized spacial score (nSPS) is 24.1. The zero-order chi connectivity index (χ0) is 8.43. The number of hydrogen-bond donors (Lipinski definition) is 1. The van der Waals surface area contributed by atoms with Crippen molar-refractivity contribution in [2.75, 3.05) is 0 Å². The first-order valence-electron chi connectivity index (χ1n) is 3.45. The molecule has 0 aliphatic heterocycles. The third-order valence-corrected chi connectivity index (χ3v) is 1.94. The molecule has 11 heavy (non-hydrogen) atoms. The van der Waals surface area contributed by atoms with E-state index in [1.807, 2.05) is 0 Å². The van der Waals surface area contributed by atoms with Gasteiger partial charge in [0.2, 0.25) is 0 Å². The van der Waals surface area contributed by atoms with Crippen LogP contribution < -0.4 is 5.73 Å². The summed E-state index contributed by atoms with van der Waals surface area (Å²) in [5, 5.41) is 0.527. The van der Waals surface area contributed by atoms with Crippen LogP contribution in [0.2, 0.25) is 0 Å². The molecule has 0 aromatic rings. The molecule has 0 amide bonds. The third-order valence-electron chi connectivity index (χ3n) is 1.59. The van der Waals surface area contributed by atoms with Crippen molar-refractivity contribution >= 4 is 17.4 Å². The third kappa shape index (κ3) is 1.91. The second-order valence-electron chi connectivity index (χ2n) is 2.59. The molecule has 2 nitrogen and oxygen atoms in total. The molecule has 0 fully saturated rings. The van der Waals surface area contributed by atoms with Gasteiger partial charge in [0.15, 0.2) is 5.78 Å². The number of carbonyl (C=O) groups excluding carboxylic acids is 1. The number of nitrogens with two attached hydrogens (primary N) is 1. The molecule has 0 saturated carbocycles. The minimum Gasteiger partial charge on any atom is -0.324 e. The van der Waals surface area contributed by atoms with E-state index in [9.17, 15) is 4.79 Å². The van der Waals surface area contributed by atoms with Gasteiger partial charge in [0, 0.05) is 16.6 Å². The van der Waals surface area contributed by atoms with E-state index in [1.165, 1.54) is 6.92 Å². The second kappa shape index (κ2) is 3.20. The summed E-state index contributed by atoms with van der Waals surface area (Å²) < 4.78 is 0. The average Bonchev–Trinajstić information content (AvgIpc) is 1.94. The van der Waals surface area contributed by atoms with E-state index in [2.05, 4.69) is 0 Å². The molecule has 1 rings (SSSR count). The lowest BCUT2D eigenvalue weighted by Crippen LogP contribution is -2.20. The van der Waals surface area contributed by atoms with Gasteiger partial charge in [-0.2, -0.15) is 0 Å². The first-order chi connectivity index (χ1) is 5.11. The SMILES string of the molecule is CC(=O)C1=CC(N)CC=C1Cl. The van der Waals surface area contributed by atoms with Gasteiger partial charge in [-0.3, -0.25) is 4.79 Å². The topological polar surface area (TPSA) is 43.1 Å². The van der Waals surface area contributed by atoms with E-state index in [-0.39, 0.29) is 11.8 Å². The fourth-order valence-corrected chi connectivity index (χ4v) is 1.28. The Kier molecular flexibility index (Phi) is 2.47. The van der Waals surface area contributed by atoms with E-state index in [0.717, 1.165) is 6.42 Å². The number of Topliss-reactive ketones (excluding diaryl/α,β-unsaturated/α-hetero) is 1. The van der Waals surface area contributed by atoms with Crippen molar-refractivity contribution in [1.82, 2.24) is 0 Å². The van der Waals surface area contributed by atoms with E-state index in [1.54, 1.807) is 12.2 Å². The number of carbonyl (C=O) groups is 1. The van der Waals surface area contributed by atoms with Gasteiger partial charge in [0.05, 0.1) is 0 Å². The molecular weight excluding hydrogens is 162 g/mol. The number of allylic oxidation sites excluding steroid dienone is 2. The highest BCUT2D eigenvalue weighted by molar-refractivity contribution is 6.35.